The van der Waals surface area contributed by atoms with E-state index in [9.17, 15) is 9.59 Å². The summed E-state index contributed by atoms with van der Waals surface area (Å²) in [4.78, 5) is 22.3. The molecule has 0 unspecified atom stereocenters. The number of amides is 1. The molecule has 0 bridgehead atoms. The van der Waals surface area contributed by atoms with Crippen molar-refractivity contribution in [2.45, 2.75) is 26.8 Å². The number of hydrogen-bond acceptors (Lipinski definition) is 4. The predicted octanol–water partition coefficient (Wildman–Crippen LogP) is 1.46. The summed E-state index contributed by atoms with van der Waals surface area (Å²) >= 11 is 0. The maximum Gasteiger partial charge on any atom is 0.341 e. The van der Waals surface area contributed by atoms with Crippen molar-refractivity contribution in [3.8, 4) is 5.75 Å². The third-order valence-corrected chi connectivity index (χ3v) is 2.70. The van der Waals surface area contributed by atoms with Crippen LogP contribution in [0.5, 0.6) is 5.75 Å². The molecule has 1 aromatic rings. The molecule has 0 fully saturated rings. The molecule has 1 rings (SSSR count). The maximum absolute atomic E-state index is 11.9. The second kappa shape index (κ2) is 6.38. The van der Waals surface area contributed by atoms with Crippen molar-refractivity contribution in [1.29, 1.82) is 0 Å². The van der Waals surface area contributed by atoms with E-state index in [-0.39, 0.29) is 11.3 Å². The first kappa shape index (κ1) is 16.0. The van der Waals surface area contributed by atoms with Crippen LogP contribution in [0.1, 0.15) is 20.8 Å². The third kappa shape index (κ3) is 4.89. The standard InChI is InChI=1S/C14H20N2O4/c1-14(2,3)12(15)13(19)16-9-4-6-10(7-5-9)20-8-11(17)18/h4-7,12H,8,15H2,1-3H3,(H,16,19)(H,17,18)/t12-/m1/s1. The molecule has 0 aliphatic rings. The molecule has 0 radical (unpaired) electrons. The molecule has 0 saturated heterocycles. The zero-order chi connectivity index (χ0) is 15.3. The molecule has 6 nitrogen and oxygen atoms in total. The molecule has 0 saturated carbocycles. The average Bonchev–Trinajstić information content (AvgIpc) is 2.35. The summed E-state index contributed by atoms with van der Waals surface area (Å²) in [5, 5.41) is 11.2. The van der Waals surface area contributed by atoms with Crippen molar-refractivity contribution in [3.05, 3.63) is 24.3 Å². The summed E-state index contributed by atoms with van der Waals surface area (Å²) < 4.78 is 4.99. The van der Waals surface area contributed by atoms with Gasteiger partial charge in [0.2, 0.25) is 5.91 Å². The fraction of sp³-hybridized carbons (Fsp3) is 0.429. The van der Waals surface area contributed by atoms with E-state index in [2.05, 4.69) is 5.32 Å². The highest BCUT2D eigenvalue weighted by atomic mass is 16.5. The average molecular weight is 280 g/mol. The van der Waals surface area contributed by atoms with Crippen LogP contribution in [0.4, 0.5) is 5.69 Å². The van der Waals surface area contributed by atoms with Crippen molar-refractivity contribution in [1.82, 2.24) is 0 Å². The number of rotatable bonds is 5. The molecule has 6 heteroatoms. The van der Waals surface area contributed by atoms with Gasteiger partial charge in [0.15, 0.2) is 6.61 Å². The van der Waals surface area contributed by atoms with Gasteiger partial charge in [-0.05, 0) is 29.7 Å². The van der Waals surface area contributed by atoms with Gasteiger partial charge in [0.1, 0.15) is 5.75 Å². The lowest BCUT2D eigenvalue weighted by Gasteiger charge is -2.25. The van der Waals surface area contributed by atoms with E-state index >= 15 is 0 Å². The van der Waals surface area contributed by atoms with Crippen LogP contribution in [0.15, 0.2) is 24.3 Å². The number of hydrogen-bond donors (Lipinski definition) is 3. The number of aliphatic carboxylic acids is 1. The molecule has 0 aliphatic heterocycles. The maximum atomic E-state index is 11.9. The monoisotopic (exact) mass is 280 g/mol. The number of nitrogens with one attached hydrogen (secondary N) is 1. The highest BCUT2D eigenvalue weighted by Crippen LogP contribution is 2.20. The summed E-state index contributed by atoms with van der Waals surface area (Å²) in [6.07, 6.45) is 0. The van der Waals surface area contributed by atoms with Gasteiger partial charge in [0.05, 0.1) is 6.04 Å². The summed E-state index contributed by atoms with van der Waals surface area (Å²) in [5.41, 5.74) is 6.11. The molecule has 4 N–H and O–H groups in total. The van der Waals surface area contributed by atoms with Gasteiger partial charge < -0.3 is 20.9 Å². The first-order chi connectivity index (χ1) is 9.20. The summed E-state index contributed by atoms with van der Waals surface area (Å²) in [5.74, 6) is -0.888. The Labute approximate surface area is 117 Å². The lowest BCUT2D eigenvalue weighted by atomic mass is 9.87. The Morgan fingerprint density at radius 1 is 1.30 bits per heavy atom. The number of carboxylic acids is 1. The van der Waals surface area contributed by atoms with Crippen LogP contribution in [0.3, 0.4) is 0 Å². The minimum absolute atomic E-state index is 0.267. The molecule has 0 aliphatic carbocycles. The number of carbonyl (C=O) groups excluding carboxylic acids is 1. The van der Waals surface area contributed by atoms with E-state index in [0.717, 1.165) is 0 Å². The van der Waals surface area contributed by atoms with Gasteiger partial charge in [0.25, 0.3) is 0 Å². The number of benzene rings is 1. The van der Waals surface area contributed by atoms with Crippen molar-refractivity contribution in [2.24, 2.45) is 11.1 Å². The zero-order valence-corrected chi connectivity index (χ0v) is 11.8. The Hall–Kier alpha value is -2.08. The first-order valence-corrected chi connectivity index (χ1v) is 6.21. The van der Waals surface area contributed by atoms with Crippen LogP contribution in [0.25, 0.3) is 0 Å². The first-order valence-electron chi connectivity index (χ1n) is 6.21. The van der Waals surface area contributed by atoms with Gasteiger partial charge in [-0.15, -0.1) is 0 Å². The third-order valence-electron chi connectivity index (χ3n) is 2.70. The van der Waals surface area contributed by atoms with Gasteiger partial charge >= 0.3 is 5.97 Å². The highest BCUT2D eigenvalue weighted by molar-refractivity contribution is 5.95. The number of ether oxygens (including phenoxy) is 1. The second-order valence-corrected chi connectivity index (χ2v) is 5.54. The smallest absolute Gasteiger partial charge is 0.341 e. The van der Waals surface area contributed by atoms with Crippen LogP contribution in [0, 0.1) is 5.41 Å². The fourth-order valence-corrected chi connectivity index (χ4v) is 1.39. The van der Waals surface area contributed by atoms with Crippen LogP contribution < -0.4 is 15.8 Å². The van der Waals surface area contributed by atoms with E-state index in [1.54, 1.807) is 24.3 Å². The van der Waals surface area contributed by atoms with Crippen LogP contribution >= 0.6 is 0 Å². The lowest BCUT2D eigenvalue weighted by molar-refractivity contribution is -0.139. The van der Waals surface area contributed by atoms with E-state index in [0.29, 0.717) is 11.4 Å². The topological polar surface area (TPSA) is 102 Å². The summed E-state index contributed by atoms with van der Waals surface area (Å²) in [6, 6.07) is 5.81. The molecule has 20 heavy (non-hydrogen) atoms. The van der Waals surface area contributed by atoms with Gasteiger partial charge in [0, 0.05) is 5.69 Å². The predicted molar refractivity (Wildman–Crippen MR) is 75.6 cm³/mol. The van der Waals surface area contributed by atoms with Gasteiger partial charge in [-0.25, -0.2) is 4.79 Å². The van der Waals surface area contributed by atoms with Crippen molar-refractivity contribution in [3.63, 3.8) is 0 Å². The van der Waals surface area contributed by atoms with Crippen molar-refractivity contribution in [2.75, 3.05) is 11.9 Å². The lowest BCUT2D eigenvalue weighted by Crippen LogP contribution is -2.45. The number of carbonyl (C=O) groups is 2. The molecule has 1 atom stereocenters. The molecule has 0 aromatic heterocycles. The minimum atomic E-state index is -1.04. The van der Waals surface area contributed by atoms with Gasteiger partial charge in [-0.3, -0.25) is 4.79 Å². The Kier molecular flexibility index (Phi) is 5.10. The number of nitrogens with two attached hydrogens (primary N) is 1. The number of carboxylic acid groups (broad SMARTS) is 1. The SMILES string of the molecule is CC(C)(C)[C@H](N)C(=O)Nc1ccc(OCC(=O)O)cc1. The molecule has 1 amide bonds. The quantitative estimate of drug-likeness (QED) is 0.758. The molecule has 1 aromatic carbocycles. The largest absolute Gasteiger partial charge is 0.482 e. The Morgan fingerprint density at radius 2 is 1.85 bits per heavy atom. The van der Waals surface area contributed by atoms with E-state index in [1.807, 2.05) is 20.8 Å². The fourth-order valence-electron chi connectivity index (χ4n) is 1.39. The highest BCUT2D eigenvalue weighted by Gasteiger charge is 2.27. The summed E-state index contributed by atoms with van der Waals surface area (Å²) in [6.45, 7) is 5.26. The molecule has 110 valence electrons. The Bertz CT molecular complexity index is 477. The molecular formula is C14H20N2O4. The van der Waals surface area contributed by atoms with E-state index in [4.69, 9.17) is 15.6 Å². The Morgan fingerprint density at radius 3 is 2.30 bits per heavy atom. The van der Waals surface area contributed by atoms with Crippen LogP contribution in [0.2, 0.25) is 0 Å². The van der Waals surface area contributed by atoms with Crippen molar-refractivity contribution >= 4 is 17.6 Å². The second-order valence-electron chi connectivity index (χ2n) is 5.54. The summed E-state index contributed by atoms with van der Waals surface area (Å²) in [7, 11) is 0. The van der Waals surface area contributed by atoms with Crippen molar-refractivity contribution < 1.29 is 19.4 Å². The van der Waals surface area contributed by atoms with E-state index in [1.165, 1.54) is 0 Å². The zero-order valence-electron chi connectivity index (χ0n) is 11.8. The van der Waals surface area contributed by atoms with Gasteiger partial charge in [-0.1, -0.05) is 20.8 Å². The van der Waals surface area contributed by atoms with Crippen LogP contribution in [-0.4, -0.2) is 29.6 Å². The Balaban J connectivity index is 2.61. The van der Waals surface area contributed by atoms with Gasteiger partial charge in [-0.2, -0.15) is 0 Å². The van der Waals surface area contributed by atoms with Crippen LogP contribution in [-0.2, 0) is 9.59 Å². The molecule has 0 heterocycles. The van der Waals surface area contributed by atoms with E-state index < -0.39 is 18.6 Å². The molecule has 0 spiro atoms. The normalized spacial score (nSPS) is 12.6. The number of anilines is 1. The minimum Gasteiger partial charge on any atom is -0.482 e. The molecular weight excluding hydrogens is 260 g/mol.